The van der Waals surface area contributed by atoms with Crippen LogP contribution in [0.15, 0.2) is 10.8 Å². The number of oxazole rings is 1. The smallest absolute Gasteiger partial charge is 0.358 e. The summed E-state index contributed by atoms with van der Waals surface area (Å²) in [6.45, 7) is 0. The van der Waals surface area contributed by atoms with E-state index in [1.807, 2.05) is 0 Å². The second-order valence-electron chi connectivity index (χ2n) is 2.57. The van der Waals surface area contributed by atoms with Crippen LogP contribution in [0, 0.1) is 0 Å². The molecule has 7 heteroatoms. The maximum Gasteiger partial charge on any atom is 0.358 e. The fraction of sp³-hybridized carbons (Fsp3) is 0.286. The summed E-state index contributed by atoms with van der Waals surface area (Å²) in [6, 6.07) is -0.999. The first-order valence-corrected chi connectivity index (χ1v) is 3.66. The molecule has 4 N–H and O–H groups in total. The molecule has 1 heterocycles. The van der Waals surface area contributed by atoms with Crippen LogP contribution in [0.25, 0.3) is 0 Å². The summed E-state index contributed by atoms with van der Waals surface area (Å²) in [5.41, 5.74) is 5.05. The standard InChI is InChI=1S/C7H8N2O5/c8-3(1-4(10)11)6-5(7(12)13)9-2-14-6/h2-3H,1,8H2,(H,10,11)(H,12,13)/t3-/m1/s1. The Bertz CT molecular complexity index is 359. The molecule has 1 aromatic heterocycles. The minimum atomic E-state index is -1.30. The Morgan fingerprint density at radius 2 is 2.21 bits per heavy atom. The Balaban J connectivity index is 2.89. The number of rotatable bonds is 4. The van der Waals surface area contributed by atoms with Crippen LogP contribution in [0.2, 0.25) is 0 Å². The molecule has 0 aliphatic heterocycles. The summed E-state index contributed by atoms with van der Waals surface area (Å²) in [5.74, 6) is -2.56. The van der Waals surface area contributed by atoms with Gasteiger partial charge in [0.05, 0.1) is 12.5 Å². The number of hydrogen-bond acceptors (Lipinski definition) is 5. The van der Waals surface area contributed by atoms with E-state index in [1.165, 1.54) is 0 Å². The molecule has 1 aromatic rings. The van der Waals surface area contributed by atoms with E-state index in [-0.39, 0.29) is 11.5 Å². The van der Waals surface area contributed by atoms with Crippen LogP contribution in [0.4, 0.5) is 0 Å². The van der Waals surface area contributed by atoms with E-state index in [0.29, 0.717) is 0 Å². The third-order valence-electron chi connectivity index (χ3n) is 1.53. The Hall–Kier alpha value is -1.89. The molecule has 0 radical (unpaired) electrons. The average molecular weight is 200 g/mol. The van der Waals surface area contributed by atoms with E-state index < -0.39 is 24.4 Å². The van der Waals surface area contributed by atoms with Gasteiger partial charge in [0.2, 0.25) is 0 Å². The van der Waals surface area contributed by atoms with E-state index in [1.54, 1.807) is 0 Å². The molecule has 0 unspecified atom stereocenters. The highest BCUT2D eigenvalue weighted by Crippen LogP contribution is 2.17. The van der Waals surface area contributed by atoms with E-state index in [2.05, 4.69) is 4.98 Å². The molecule has 76 valence electrons. The lowest BCUT2D eigenvalue weighted by Gasteiger charge is -2.04. The van der Waals surface area contributed by atoms with Gasteiger partial charge in [-0.25, -0.2) is 9.78 Å². The third kappa shape index (κ3) is 2.07. The predicted octanol–water partition coefficient (Wildman–Crippen LogP) is -0.153. The zero-order valence-corrected chi connectivity index (χ0v) is 7.01. The lowest BCUT2D eigenvalue weighted by atomic mass is 10.1. The Morgan fingerprint density at radius 3 is 2.71 bits per heavy atom. The zero-order chi connectivity index (χ0) is 10.7. The van der Waals surface area contributed by atoms with Crippen LogP contribution in [0.3, 0.4) is 0 Å². The van der Waals surface area contributed by atoms with Gasteiger partial charge < -0.3 is 20.4 Å². The number of carbonyl (C=O) groups is 2. The minimum Gasteiger partial charge on any atom is -0.481 e. The number of carboxylic acids is 2. The van der Waals surface area contributed by atoms with Gasteiger partial charge in [-0.2, -0.15) is 0 Å². The van der Waals surface area contributed by atoms with Gasteiger partial charge in [-0.1, -0.05) is 0 Å². The topological polar surface area (TPSA) is 127 Å². The number of nitrogens with zero attached hydrogens (tertiary/aromatic N) is 1. The monoisotopic (exact) mass is 200 g/mol. The molecule has 14 heavy (non-hydrogen) atoms. The van der Waals surface area contributed by atoms with Crippen LogP contribution < -0.4 is 5.73 Å². The van der Waals surface area contributed by atoms with Gasteiger partial charge in [-0.15, -0.1) is 0 Å². The Morgan fingerprint density at radius 1 is 1.57 bits per heavy atom. The number of aliphatic carboxylic acids is 1. The van der Waals surface area contributed by atoms with Crippen LogP contribution in [-0.2, 0) is 4.79 Å². The third-order valence-corrected chi connectivity index (χ3v) is 1.53. The maximum absolute atomic E-state index is 10.5. The van der Waals surface area contributed by atoms with Crippen molar-refractivity contribution >= 4 is 11.9 Å². The largest absolute Gasteiger partial charge is 0.481 e. The molecule has 0 saturated heterocycles. The van der Waals surface area contributed by atoms with Gasteiger partial charge in [0.15, 0.2) is 17.8 Å². The highest BCUT2D eigenvalue weighted by atomic mass is 16.4. The number of aromatic nitrogens is 1. The molecule has 0 aromatic carbocycles. The molecular formula is C7H8N2O5. The highest BCUT2D eigenvalue weighted by Gasteiger charge is 2.23. The molecule has 1 atom stereocenters. The SMILES string of the molecule is N[C@H](CC(=O)O)c1ocnc1C(=O)O. The van der Waals surface area contributed by atoms with E-state index in [4.69, 9.17) is 20.4 Å². The first-order chi connectivity index (χ1) is 6.52. The molecule has 7 nitrogen and oxygen atoms in total. The summed E-state index contributed by atoms with van der Waals surface area (Å²) >= 11 is 0. The van der Waals surface area contributed by atoms with Gasteiger partial charge in [0, 0.05) is 0 Å². The molecule has 0 amide bonds. The maximum atomic E-state index is 10.5. The van der Waals surface area contributed by atoms with Crippen molar-refractivity contribution in [3.8, 4) is 0 Å². The molecule has 0 bridgehead atoms. The van der Waals surface area contributed by atoms with Crippen molar-refractivity contribution in [3.05, 3.63) is 17.8 Å². The normalized spacial score (nSPS) is 12.4. The van der Waals surface area contributed by atoms with Crippen molar-refractivity contribution < 1.29 is 24.2 Å². The number of aromatic carboxylic acids is 1. The second-order valence-corrected chi connectivity index (χ2v) is 2.57. The quantitative estimate of drug-likeness (QED) is 0.616. The van der Waals surface area contributed by atoms with Crippen molar-refractivity contribution in [2.24, 2.45) is 5.73 Å². The second kappa shape index (κ2) is 3.88. The fourth-order valence-electron chi connectivity index (χ4n) is 0.960. The van der Waals surface area contributed by atoms with Crippen LogP contribution >= 0.6 is 0 Å². The van der Waals surface area contributed by atoms with Gasteiger partial charge in [-0.05, 0) is 0 Å². The summed E-state index contributed by atoms with van der Waals surface area (Å²) in [6.07, 6.45) is 0.510. The number of nitrogens with two attached hydrogens (primary N) is 1. The van der Waals surface area contributed by atoms with Gasteiger partial charge >= 0.3 is 11.9 Å². The van der Waals surface area contributed by atoms with Gasteiger partial charge in [0.25, 0.3) is 0 Å². The Labute approximate surface area is 78.2 Å². The Kier molecular flexibility index (Phi) is 2.82. The molecule has 1 rings (SSSR count). The zero-order valence-electron chi connectivity index (χ0n) is 7.01. The van der Waals surface area contributed by atoms with Crippen molar-refractivity contribution in [3.63, 3.8) is 0 Å². The molecule has 0 fully saturated rings. The first kappa shape index (κ1) is 10.2. The van der Waals surface area contributed by atoms with Crippen LogP contribution in [0.5, 0.6) is 0 Å². The summed E-state index contributed by atoms with van der Waals surface area (Å²) in [7, 11) is 0. The summed E-state index contributed by atoms with van der Waals surface area (Å²) in [4.78, 5) is 24.2. The van der Waals surface area contributed by atoms with Crippen molar-refractivity contribution in [2.75, 3.05) is 0 Å². The molecule has 0 aliphatic rings. The molecular weight excluding hydrogens is 192 g/mol. The highest BCUT2D eigenvalue weighted by molar-refractivity contribution is 5.86. The van der Waals surface area contributed by atoms with E-state index in [0.717, 1.165) is 6.39 Å². The van der Waals surface area contributed by atoms with Gasteiger partial charge in [-0.3, -0.25) is 4.79 Å². The first-order valence-electron chi connectivity index (χ1n) is 3.66. The summed E-state index contributed by atoms with van der Waals surface area (Å²) in [5, 5.41) is 17.0. The van der Waals surface area contributed by atoms with Crippen LogP contribution in [-0.4, -0.2) is 27.1 Å². The van der Waals surface area contributed by atoms with E-state index in [9.17, 15) is 9.59 Å². The lowest BCUT2D eigenvalue weighted by molar-refractivity contribution is -0.137. The predicted molar refractivity (Wildman–Crippen MR) is 42.6 cm³/mol. The molecule has 0 spiro atoms. The summed E-state index contributed by atoms with van der Waals surface area (Å²) < 4.78 is 4.71. The number of hydrogen-bond donors (Lipinski definition) is 3. The minimum absolute atomic E-state index is 0.125. The molecule has 0 saturated carbocycles. The fourth-order valence-corrected chi connectivity index (χ4v) is 0.960. The average Bonchev–Trinajstić information content (AvgIpc) is 2.49. The van der Waals surface area contributed by atoms with E-state index >= 15 is 0 Å². The van der Waals surface area contributed by atoms with Crippen molar-refractivity contribution in [1.82, 2.24) is 4.98 Å². The van der Waals surface area contributed by atoms with Crippen molar-refractivity contribution in [2.45, 2.75) is 12.5 Å². The van der Waals surface area contributed by atoms with Crippen molar-refractivity contribution in [1.29, 1.82) is 0 Å². The number of carboxylic acid groups (broad SMARTS) is 2. The van der Waals surface area contributed by atoms with Gasteiger partial charge in [0.1, 0.15) is 0 Å². The lowest BCUT2D eigenvalue weighted by Crippen LogP contribution is -2.17. The molecule has 0 aliphatic carbocycles. The van der Waals surface area contributed by atoms with Crippen LogP contribution in [0.1, 0.15) is 28.7 Å².